The van der Waals surface area contributed by atoms with Crippen LogP contribution in [-0.2, 0) is 0 Å². The third-order valence-corrected chi connectivity index (χ3v) is 3.56. The summed E-state index contributed by atoms with van der Waals surface area (Å²) in [6.45, 7) is 0. The van der Waals surface area contributed by atoms with Crippen molar-refractivity contribution in [1.82, 2.24) is 24.8 Å². The molecule has 0 spiro atoms. The minimum Gasteiger partial charge on any atom is -0.312 e. The lowest BCUT2D eigenvalue weighted by molar-refractivity contribution is 0.0952. The summed E-state index contributed by atoms with van der Waals surface area (Å²) in [5.74, 6) is -2.26. The van der Waals surface area contributed by atoms with Crippen molar-refractivity contribution < 1.29 is 13.6 Å². The number of rotatable bonds is 3. The number of fused-ring (bicyclic) bond motifs is 3. The first-order valence-electron chi connectivity index (χ1n) is 7.23. The summed E-state index contributed by atoms with van der Waals surface area (Å²) in [5, 5.41) is 0. The average molecular weight is 340 g/mol. The van der Waals surface area contributed by atoms with E-state index in [-0.39, 0.29) is 17.2 Å². The summed E-state index contributed by atoms with van der Waals surface area (Å²) in [6, 6.07) is 7.11. The average Bonchev–Trinajstić information content (AvgIpc) is 3.12. The Labute approximate surface area is 139 Å². The molecule has 0 radical (unpaired) electrons. The molecule has 2 N–H and O–H groups in total. The number of carbonyl (C=O) groups excluding carboxylic acids is 1. The Bertz CT molecular complexity index is 1100. The predicted molar refractivity (Wildman–Crippen MR) is 85.7 cm³/mol. The first-order chi connectivity index (χ1) is 12.1. The van der Waals surface area contributed by atoms with Crippen LogP contribution < -0.4 is 10.9 Å². The van der Waals surface area contributed by atoms with E-state index in [1.165, 1.54) is 12.4 Å². The third kappa shape index (κ3) is 2.61. The molecule has 0 bridgehead atoms. The van der Waals surface area contributed by atoms with Gasteiger partial charge in [-0.1, -0.05) is 0 Å². The van der Waals surface area contributed by atoms with Crippen molar-refractivity contribution in [2.75, 3.05) is 5.43 Å². The van der Waals surface area contributed by atoms with Gasteiger partial charge in [0.25, 0.3) is 0 Å². The van der Waals surface area contributed by atoms with Crippen LogP contribution in [0.25, 0.3) is 16.6 Å². The molecule has 3 aromatic heterocycles. The van der Waals surface area contributed by atoms with Crippen molar-refractivity contribution in [3.63, 3.8) is 0 Å². The Morgan fingerprint density at radius 1 is 1.04 bits per heavy atom. The molecule has 0 atom stereocenters. The number of nitrogens with zero attached hydrogens (tertiary/aromatic N) is 4. The summed E-state index contributed by atoms with van der Waals surface area (Å²) in [6.07, 6.45) is 4.57. The molecule has 3 heterocycles. The maximum absolute atomic E-state index is 13.5. The molecular weight excluding hydrogens is 330 g/mol. The van der Waals surface area contributed by atoms with E-state index in [1.807, 2.05) is 0 Å². The fraction of sp³-hybridized carbons (Fsp3) is 0. The smallest absolute Gasteiger partial charge is 0.307 e. The molecule has 1 aromatic carbocycles. The Morgan fingerprint density at radius 2 is 1.80 bits per heavy atom. The summed E-state index contributed by atoms with van der Waals surface area (Å²) in [4.78, 5) is 23.9. The molecule has 1 amide bonds. The zero-order valence-electron chi connectivity index (χ0n) is 12.6. The van der Waals surface area contributed by atoms with Crippen LogP contribution in [0.15, 0.2) is 48.9 Å². The van der Waals surface area contributed by atoms with E-state index in [2.05, 4.69) is 25.8 Å². The molecule has 124 valence electrons. The van der Waals surface area contributed by atoms with Gasteiger partial charge in [-0.05, 0) is 18.2 Å². The van der Waals surface area contributed by atoms with Crippen molar-refractivity contribution in [3.8, 4) is 0 Å². The van der Waals surface area contributed by atoms with Gasteiger partial charge in [-0.25, -0.2) is 23.7 Å². The topological polar surface area (TPSA) is 84.2 Å². The monoisotopic (exact) mass is 340 g/mol. The largest absolute Gasteiger partial charge is 0.312 e. The highest BCUT2D eigenvalue weighted by Gasteiger charge is 2.13. The molecule has 0 saturated carbocycles. The lowest BCUT2D eigenvalue weighted by Gasteiger charge is -2.11. The Kier molecular flexibility index (Phi) is 3.46. The van der Waals surface area contributed by atoms with E-state index in [4.69, 9.17) is 0 Å². The number of hydrogen-bond acceptors (Lipinski definition) is 5. The van der Waals surface area contributed by atoms with Gasteiger partial charge in [0.05, 0.1) is 16.6 Å². The highest BCUT2D eigenvalue weighted by Crippen LogP contribution is 2.24. The minimum absolute atomic E-state index is 0.0182. The number of nitrogens with one attached hydrogen (secondary N) is 2. The fourth-order valence-electron chi connectivity index (χ4n) is 2.45. The molecule has 7 nitrogen and oxygen atoms in total. The normalized spacial score (nSPS) is 11.0. The molecule has 0 aliphatic heterocycles. The number of halogens is 2. The summed E-state index contributed by atoms with van der Waals surface area (Å²) in [7, 11) is 0. The molecule has 0 saturated heterocycles. The predicted octanol–water partition coefficient (Wildman–Crippen LogP) is 2.31. The molecule has 0 aliphatic rings. The first kappa shape index (κ1) is 14.9. The van der Waals surface area contributed by atoms with Crippen molar-refractivity contribution in [3.05, 3.63) is 66.4 Å². The maximum Gasteiger partial charge on any atom is 0.307 e. The van der Waals surface area contributed by atoms with Crippen LogP contribution in [0.2, 0.25) is 0 Å². The van der Waals surface area contributed by atoms with Gasteiger partial charge in [0.1, 0.15) is 0 Å². The highest BCUT2D eigenvalue weighted by atomic mass is 19.2. The summed E-state index contributed by atoms with van der Waals surface area (Å²) < 4.78 is 28.7. The van der Waals surface area contributed by atoms with E-state index in [0.717, 1.165) is 12.1 Å². The Hall–Kier alpha value is -3.62. The van der Waals surface area contributed by atoms with Crippen molar-refractivity contribution in [2.24, 2.45) is 0 Å². The maximum atomic E-state index is 13.5. The van der Waals surface area contributed by atoms with E-state index in [9.17, 15) is 13.6 Å². The van der Waals surface area contributed by atoms with Crippen LogP contribution in [0.5, 0.6) is 0 Å². The number of benzene rings is 1. The fourth-order valence-corrected chi connectivity index (χ4v) is 2.45. The Balaban J connectivity index is 1.72. The molecule has 0 unspecified atom stereocenters. The van der Waals surface area contributed by atoms with Crippen LogP contribution in [-0.4, -0.2) is 25.3 Å². The molecule has 4 rings (SSSR count). The third-order valence-electron chi connectivity index (χ3n) is 3.56. The van der Waals surface area contributed by atoms with Gasteiger partial charge in [0.15, 0.2) is 17.5 Å². The zero-order valence-corrected chi connectivity index (χ0v) is 12.6. The van der Waals surface area contributed by atoms with E-state index in [0.29, 0.717) is 11.0 Å². The molecule has 0 fully saturated rings. The van der Waals surface area contributed by atoms with E-state index >= 15 is 0 Å². The molecular formula is C16H10F2N6O. The zero-order chi connectivity index (χ0) is 17.4. The van der Waals surface area contributed by atoms with Gasteiger partial charge in [0.2, 0.25) is 5.82 Å². The lowest BCUT2D eigenvalue weighted by atomic mass is 10.2. The number of hydrogen-bond donors (Lipinski definition) is 2. The summed E-state index contributed by atoms with van der Waals surface area (Å²) >= 11 is 0. The standard InChI is InChI=1S/C16H10F2N6O/c17-9-7-11-13(8-10(9)18)24-6-1-3-12(24)14(21-11)22-23-16(25)15-19-4-2-5-20-15/h1-8H,(H,21,22)(H,23,25). The number of aromatic nitrogens is 4. The molecule has 25 heavy (non-hydrogen) atoms. The molecule has 0 aliphatic carbocycles. The van der Waals surface area contributed by atoms with Crippen molar-refractivity contribution >= 4 is 28.3 Å². The first-order valence-corrected chi connectivity index (χ1v) is 7.23. The molecule has 4 aromatic rings. The SMILES string of the molecule is O=C(NNc1nc2cc(F)c(F)cc2n2cccc12)c1ncccn1. The van der Waals surface area contributed by atoms with Crippen LogP contribution in [0.3, 0.4) is 0 Å². The van der Waals surface area contributed by atoms with Crippen molar-refractivity contribution in [2.45, 2.75) is 0 Å². The van der Waals surface area contributed by atoms with Crippen LogP contribution in [0.1, 0.15) is 10.6 Å². The quantitative estimate of drug-likeness (QED) is 0.559. The minimum atomic E-state index is -1.00. The Morgan fingerprint density at radius 3 is 2.60 bits per heavy atom. The highest BCUT2D eigenvalue weighted by molar-refractivity contribution is 5.92. The molecule has 9 heteroatoms. The number of anilines is 1. The van der Waals surface area contributed by atoms with Gasteiger partial charge >= 0.3 is 5.91 Å². The van der Waals surface area contributed by atoms with Crippen molar-refractivity contribution in [1.29, 1.82) is 0 Å². The number of hydrazine groups is 1. The van der Waals surface area contributed by atoms with Crippen LogP contribution >= 0.6 is 0 Å². The van der Waals surface area contributed by atoms with E-state index < -0.39 is 17.5 Å². The van der Waals surface area contributed by atoms with Gasteiger partial charge in [-0.2, -0.15) is 0 Å². The van der Waals surface area contributed by atoms with Crippen LogP contribution in [0, 0.1) is 11.6 Å². The second-order valence-corrected chi connectivity index (χ2v) is 5.13. The van der Waals surface area contributed by atoms with Gasteiger partial charge < -0.3 is 4.40 Å². The summed E-state index contributed by atoms with van der Waals surface area (Å²) in [5.41, 5.74) is 6.31. The van der Waals surface area contributed by atoms with E-state index in [1.54, 1.807) is 28.8 Å². The number of amides is 1. The number of carbonyl (C=O) groups is 1. The second kappa shape index (κ2) is 5.78. The van der Waals surface area contributed by atoms with Gasteiger partial charge in [0, 0.05) is 30.7 Å². The van der Waals surface area contributed by atoms with Crippen LogP contribution in [0.4, 0.5) is 14.6 Å². The van der Waals surface area contributed by atoms with Gasteiger partial charge in [-0.15, -0.1) is 0 Å². The van der Waals surface area contributed by atoms with Gasteiger partial charge in [-0.3, -0.25) is 15.6 Å². The second-order valence-electron chi connectivity index (χ2n) is 5.13. The lowest BCUT2D eigenvalue weighted by Crippen LogP contribution is -2.31.